The monoisotopic (exact) mass is 254 g/mol. The van der Waals surface area contributed by atoms with E-state index < -0.39 is 17.8 Å². The maximum absolute atomic E-state index is 12.8. The molecule has 18 heavy (non-hydrogen) atoms. The molecular formula is C11H9F3N4. The predicted octanol–water partition coefficient (Wildman–Crippen LogP) is 1.94. The molecule has 94 valence electrons. The third kappa shape index (κ3) is 2.45. The number of aromatic nitrogens is 3. The zero-order chi connectivity index (χ0) is 13.2. The van der Waals surface area contributed by atoms with Crippen molar-refractivity contribution in [3.63, 3.8) is 0 Å². The van der Waals surface area contributed by atoms with Gasteiger partial charge in [-0.1, -0.05) is 0 Å². The largest absolute Gasteiger partial charge is 0.416 e. The Hall–Kier alpha value is -2.02. The fraction of sp³-hybridized carbons (Fsp3) is 0.182. The molecule has 2 N–H and O–H groups in total. The standard InChI is InChI=1S/C11H9F3N4/c12-11(13,14)8-1-3-16-5-7(8)10(15)9-2-4-17-6-18-9/h1-6,10H,15H2. The van der Waals surface area contributed by atoms with Crippen LogP contribution in [-0.2, 0) is 6.18 Å². The lowest BCUT2D eigenvalue weighted by atomic mass is 10.0. The molecule has 2 rings (SSSR count). The van der Waals surface area contributed by atoms with E-state index in [2.05, 4.69) is 15.0 Å². The minimum atomic E-state index is -4.47. The van der Waals surface area contributed by atoms with E-state index in [-0.39, 0.29) is 5.56 Å². The van der Waals surface area contributed by atoms with Crippen molar-refractivity contribution >= 4 is 0 Å². The molecule has 1 atom stereocenters. The van der Waals surface area contributed by atoms with Crippen molar-refractivity contribution in [2.45, 2.75) is 12.2 Å². The first kappa shape index (κ1) is 12.4. The van der Waals surface area contributed by atoms with E-state index in [1.54, 1.807) is 0 Å². The van der Waals surface area contributed by atoms with Crippen LogP contribution in [0.15, 0.2) is 37.1 Å². The van der Waals surface area contributed by atoms with Gasteiger partial charge in [0.15, 0.2) is 0 Å². The maximum atomic E-state index is 12.8. The van der Waals surface area contributed by atoms with Crippen molar-refractivity contribution in [3.05, 3.63) is 53.9 Å². The van der Waals surface area contributed by atoms with Gasteiger partial charge in [0.05, 0.1) is 17.3 Å². The van der Waals surface area contributed by atoms with Gasteiger partial charge >= 0.3 is 6.18 Å². The molecule has 0 fully saturated rings. The van der Waals surface area contributed by atoms with Gasteiger partial charge in [0.2, 0.25) is 0 Å². The summed E-state index contributed by atoms with van der Waals surface area (Å²) in [6, 6.07) is 1.38. The lowest BCUT2D eigenvalue weighted by Crippen LogP contribution is -2.19. The average Bonchev–Trinajstić information content (AvgIpc) is 2.38. The smallest absolute Gasteiger partial charge is 0.319 e. The van der Waals surface area contributed by atoms with E-state index in [9.17, 15) is 13.2 Å². The fourth-order valence-electron chi connectivity index (χ4n) is 1.56. The summed E-state index contributed by atoms with van der Waals surface area (Å²) in [6.07, 6.45) is 0.377. The molecule has 7 heteroatoms. The Morgan fingerprint density at radius 3 is 2.44 bits per heavy atom. The zero-order valence-electron chi connectivity index (χ0n) is 9.09. The Kier molecular flexibility index (Phi) is 3.24. The number of nitrogens with zero attached hydrogens (tertiary/aromatic N) is 3. The Bertz CT molecular complexity index is 527. The highest BCUT2D eigenvalue weighted by Gasteiger charge is 2.35. The SMILES string of the molecule is NC(c1ccncn1)c1cnccc1C(F)(F)F. The summed E-state index contributed by atoms with van der Waals surface area (Å²) in [4.78, 5) is 11.2. The molecule has 0 saturated heterocycles. The number of nitrogens with two attached hydrogens (primary N) is 1. The Morgan fingerprint density at radius 2 is 1.83 bits per heavy atom. The molecule has 0 amide bonds. The van der Waals surface area contributed by atoms with Gasteiger partial charge in [-0.25, -0.2) is 9.97 Å². The lowest BCUT2D eigenvalue weighted by molar-refractivity contribution is -0.138. The quantitative estimate of drug-likeness (QED) is 0.889. The third-order valence-corrected chi connectivity index (χ3v) is 2.42. The minimum absolute atomic E-state index is 0.108. The van der Waals surface area contributed by atoms with E-state index in [4.69, 9.17) is 5.73 Å². The van der Waals surface area contributed by atoms with Crippen LogP contribution in [0.2, 0.25) is 0 Å². The van der Waals surface area contributed by atoms with Gasteiger partial charge in [0.25, 0.3) is 0 Å². The van der Waals surface area contributed by atoms with Gasteiger partial charge in [0, 0.05) is 24.2 Å². The normalized spacial score (nSPS) is 13.3. The highest BCUT2D eigenvalue weighted by atomic mass is 19.4. The van der Waals surface area contributed by atoms with Gasteiger partial charge in [0.1, 0.15) is 6.33 Å². The Morgan fingerprint density at radius 1 is 1.11 bits per heavy atom. The summed E-state index contributed by atoms with van der Waals surface area (Å²) in [5.41, 5.74) is 5.18. The number of halogens is 3. The summed E-state index contributed by atoms with van der Waals surface area (Å²) < 4.78 is 38.4. The summed E-state index contributed by atoms with van der Waals surface area (Å²) in [5.74, 6) is 0. The van der Waals surface area contributed by atoms with Crippen LogP contribution in [0.25, 0.3) is 0 Å². The first-order valence-electron chi connectivity index (χ1n) is 5.02. The molecule has 0 aliphatic heterocycles. The molecule has 2 aromatic heterocycles. The zero-order valence-corrected chi connectivity index (χ0v) is 9.09. The molecule has 0 saturated carbocycles. The molecule has 1 unspecified atom stereocenters. The Balaban J connectivity index is 2.46. The summed E-state index contributed by atoms with van der Waals surface area (Å²) in [7, 11) is 0. The molecule has 0 aliphatic rings. The van der Waals surface area contributed by atoms with Crippen LogP contribution in [0, 0.1) is 0 Å². The summed E-state index contributed by atoms with van der Waals surface area (Å²) in [6.45, 7) is 0. The van der Waals surface area contributed by atoms with Crippen LogP contribution < -0.4 is 5.73 Å². The van der Waals surface area contributed by atoms with E-state index in [0.717, 1.165) is 18.5 Å². The molecule has 4 nitrogen and oxygen atoms in total. The molecule has 0 spiro atoms. The topological polar surface area (TPSA) is 64.7 Å². The van der Waals surface area contributed by atoms with Crippen LogP contribution in [0.3, 0.4) is 0 Å². The summed E-state index contributed by atoms with van der Waals surface area (Å²) in [5, 5.41) is 0. The number of pyridine rings is 1. The minimum Gasteiger partial charge on any atom is -0.319 e. The molecule has 0 aromatic carbocycles. The van der Waals surface area contributed by atoms with Crippen LogP contribution in [0.4, 0.5) is 13.2 Å². The van der Waals surface area contributed by atoms with Crippen molar-refractivity contribution in [1.29, 1.82) is 0 Å². The predicted molar refractivity (Wildman–Crippen MR) is 57.3 cm³/mol. The molecule has 2 aromatic rings. The van der Waals surface area contributed by atoms with Gasteiger partial charge < -0.3 is 5.73 Å². The second kappa shape index (κ2) is 4.69. The van der Waals surface area contributed by atoms with Crippen molar-refractivity contribution in [2.24, 2.45) is 5.73 Å². The lowest BCUT2D eigenvalue weighted by Gasteiger charge is -2.16. The third-order valence-electron chi connectivity index (χ3n) is 2.42. The first-order valence-corrected chi connectivity index (χ1v) is 5.02. The van der Waals surface area contributed by atoms with Gasteiger partial charge in [-0.05, 0) is 12.1 Å². The van der Waals surface area contributed by atoms with Crippen molar-refractivity contribution in [3.8, 4) is 0 Å². The average molecular weight is 254 g/mol. The van der Waals surface area contributed by atoms with Crippen LogP contribution in [0.5, 0.6) is 0 Å². The van der Waals surface area contributed by atoms with E-state index in [1.807, 2.05) is 0 Å². The highest BCUT2D eigenvalue weighted by Crippen LogP contribution is 2.34. The Labute approximate surface area is 101 Å². The van der Waals surface area contributed by atoms with Crippen molar-refractivity contribution < 1.29 is 13.2 Å². The molecule has 2 heterocycles. The van der Waals surface area contributed by atoms with Crippen molar-refractivity contribution in [1.82, 2.24) is 15.0 Å². The van der Waals surface area contributed by atoms with Crippen LogP contribution in [0.1, 0.15) is 22.9 Å². The number of rotatable bonds is 2. The van der Waals surface area contributed by atoms with E-state index >= 15 is 0 Å². The van der Waals surface area contributed by atoms with Gasteiger partial charge in [-0.2, -0.15) is 13.2 Å². The van der Waals surface area contributed by atoms with E-state index in [0.29, 0.717) is 5.69 Å². The molecule has 0 aliphatic carbocycles. The maximum Gasteiger partial charge on any atom is 0.416 e. The summed E-state index contributed by atoms with van der Waals surface area (Å²) >= 11 is 0. The fourth-order valence-corrected chi connectivity index (χ4v) is 1.56. The van der Waals surface area contributed by atoms with E-state index in [1.165, 1.54) is 18.6 Å². The van der Waals surface area contributed by atoms with Gasteiger partial charge in [-0.3, -0.25) is 4.98 Å². The second-order valence-corrected chi connectivity index (χ2v) is 3.57. The number of hydrogen-bond donors (Lipinski definition) is 1. The molecule has 0 bridgehead atoms. The molecular weight excluding hydrogens is 245 g/mol. The van der Waals surface area contributed by atoms with Crippen molar-refractivity contribution in [2.75, 3.05) is 0 Å². The highest BCUT2D eigenvalue weighted by molar-refractivity contribution is 5.33. The van der Waals surface area contributed by atoms with Crippen LogP contribution in [-0.4, -0.2) is 15.0 Å². The van der Waals surface area contributed by atoms with Gasteiger partial charge in [-0.15, -0.1) is 0 Å². The number of hydrogen-bond acceptors (Lipinski definition) is 4. The number of alkyl halides is 3. The second-order valence-electron chi connectivity index (χ2n) is 3.57. The first-order chi connectivity index (χ1) is 8.50. The van der Waals surface area contributed by atoms with Crippen LogP contribution >= 0.6 is 0 Å². The molecule has 0 radical (unpaired) electrons.